The van der Waals surface area contributed by atoms with Crippen LogP contribution in [0.5, 0.6) is 0 Å². The fourth-order valence-corrected chi connectivity index (χ4v) is 1.96. The van der Waals surface area contributed by atoms with Gasteiger partial charge in [0.25, 0.3) is 0 Å². The zero-order chi connectivity index (χ0) is 19.8. The zero-order valence-corrected chi connectivity index (χ0v) is 19.2. The predicted octanol–water partition coefficient (Wildman–Crippen LogP) is 3.20. The molecule has 0 saturated heterocycles. The summed E-state index contributed by atoms with van der Waals surface area (Å²) >= 11 is 0. The van der Waals surface area contributed by atoms with Crippen LogP contribution in [0.15, 0.2) is 23.3 Å². The lowest BCUT2D eigenvalue weighted by molar-refractivity contribution is 0.0474. The zero-order valence-electron chi connectivity index (χ0n) is 16.9. The van der Waals surface area contributed by atoms with Crippen LogP contribution in [0, 0.1) is 5.82 Å². The van der Waals surface area contributed by atoms with Crippen molar-refractivity contribution in [2.45, 2.75) is 59.2 Å². The van der Waals surface area contributed by atoms with E-state index in [0.29, 0.717) is 19.0 Å². The average molecular weight is 495 g/mol. The van der Waals surface area contributed by atoms with E-state index in [1.165, 1.54) is 18.3 Å². The maximum Gasteiger partial charge on any atom is 0.408 e. The second kappa shape index (κ2) is 11.3. The first-order valence-corrected chi connectivity index (χ1v) is 8.65. The first-order valence-electron chi connectivity index (χ1n) is 8.65. The standard InChI is InChI=1S/C18H30FN5O2.HI/c1-7-20-15(22-11-14-13(19)9-8-10-21-14)23-12-18(5,6)24-16(25)26-17(2,3)4;/h8-10H,7,11-12H2,1-6H3,(H,24,25)(H2,20,22,23);1H. The van der Waals surface area contributed by atoms with Gasteiger partial charge in [-0.2, -0.15) is 0 Å². The second-order valence-corrected chi connectivity index (χ2v) is 7.49. The number of nitrogens with zero attached hydrogens (tertiary/aromatic N) is 2. The molecule has 0 aliphatic carbocycles. The van der Waals surface area contributed by atoms with Gasteiger partial charge in [-0.05, 0) is 53.7 Å². The molecular formula is C18H31FIN5O2. The lowest BCUT2D eigenvalue weighted by Crippen LogP contribution is -2.54. The number of pyridine rings is 1. The molecule has 9 heteroatoms. The van der Waals surface area contributed by atoms with E-state index in [4.69, 9.17) is 4.74 Å². The molecule has 0 radical (unpaired) electrons. The van der Waals surface area contributed by atoms with Gasteiger partial charge in [0.2, 0.25) is 0 Å². The van der Waals surface area contributed by atoms with Crippen LogP contribution < -0.4 is 16.0 Å². The molecule has 1 amide bonds. The third-order valence-electron chi connectivity index (χ3n) is 3.10. The Labute approximate surface area is 178 Å². The molecular weight excluding hydrogens is 464 g/mol. The Morgan fingerprint density at radius 1 is 1.26 bits per heavy atom. The molecule has 0 aliphatic rings. The minimum atomic E-state index is -0.575. The van der Waals surface area contributed by atoms with E-state index in [2.05, 4.69) is 25.9 Å². The largest absolute Gasteiger partial charge is 0.444 e. The van der Waals surface area contributed by atoms with E-state index in [-0.39, 0.29) is 42.0 Å². The van der Waals surface area contributed by atoms with Crippen LogP contribution in [-0.2, 0) is 11.3 Å². The summed E-state index contributed by atoms with van der Waals surface area (Å²) in [4.78, 5) is 20.3. The molecule has 1 aromatic heterocycles. The average Bonchev–Trinajstić information content (AvgIpc) is 2.49. The van der Waals surface area contributed by atoms with E-state index in [9.17, 15) is 9.18 Å². The van der Waals surface area contributed by atoms with Crippen molar-refractivity contribution in [1.29, 1.82) is 0 Å². The molecule has 154 valence electrons. The van der Waals surface area contributed by atoms with Crippen LogP contribution in [0.1, 0.15) is 47.2 Å². The molecule has 3 N–H and O–H groups in total. The van der Waals surface area contributed by atoms with Gasteiger partial charge in [0, 0.05) is 19.3 Å². The van der Waals surface area contributed by atoms with E-state index < -0.39 is 17.2 Å². The van der Waals surface area contributed by atoms with Crippen LogP contribution >= 0.6 is 24.0 Å². The molecule has 27 heavy (non-hydrogen) atoms. The highest BCUT2D eigenvalue weighted by Gasteiger charge is 2.24. The van der Waals surface area contributed by atoms with Gasteiger partial charge in [0.05, 0.1) is 17.8 Å². The Morgan fingerprint density at radius 3 is 2.48 bits per heavy atom. The maximum absolute atomic E-state index is 13.6. The highest BCUT2D eigenvalue weighted by molar-refractivity contribution is 14.0. The molecule has 0 atom stereocenters. The van der Waals surface area contributed by atoms with E-state index in [0.717, 1.165) is 0 Å². The Kier molecular flexibility index (Phi) is 10.6. The van der Waals surface area contributed by atoms with Crippen molar-refractivity contribution in [2.75, 3.05) is 13.1 Å². The van der Waals surface area contributed by atoms with E-state index in [1.54, 1.807) is 0 Å². The number of guanidine groups is 1. The lowest BCUT2D eigenvalue weighted by atomic mass is 10.1. The highest BCUT2D eigenvalue weighted by Crippen LogP contribution is 2.09. The Morgan fingerprint density at radius 2 is 1.93 bits per heavy atom. The van der Waals surface area contributed by atoms with Crippen molar-refractivity contribution in [3.8, 4) is 0 Å². The minimum Gasteiger partial charge on any atom is -0.444 e. The van der Waals surface area contributed by atoms with Crippen molar-refractivity contribution in [1.82, 2.24) is 20.9 Å². The number of aliphatic imine (C=N–C) groups is 1. The summed E-state index contributed by atoms with van der Waals surface area (Å²) in [6.07, 6.45) is 1.05. The smallest absolute Gasteiger partial charge is 0.408 e. The van der Waals surface area contributed by atoms with Crippen molar-refractivity contribution in [3.05, 3.63) is 29.8 Å². The van der Waals surface area contributed by atoms with Gasteiger partial charge in [-0.1, -0.05) is 0 Å². The topological polar surface area (TPSA) is 87.6 Å². The lowest BCUT2D eigenvalue weighted by Gasteiger charge is -2.29. The fourth-order valence-electron chi connectivity index (χ4n) is 1.96. The first kappa shape index (κ1) is 25.4. The van der Waals surface area contributed by atoms with Gasteiger partial charge in [0.1, 0.15) is 11.4 Å². The van der Waals surface area contributed by atoms with Gasteiger partial charge in [0.15, 0.2) is 5.96 Å². The summed E-state index contributed by atoms with van der Waals surface area (Å²) in [6, 6.07) is 2.89. The van der Waals surface area contributed by atoms with Gasteiger partial charge in [-0.3, -0.25) is 4.98 Å². The number of alkyl carbamates (subject to hydrolysis) is 1. The summed E-state index contributed by atoms with van der Waals surface area (Å²) in [7, 11) is 0. The van der Waals surface area contributed by atoms with Crippen molar-refractivity contribution in [2.24, 2.45) is 4.99 Å². The molecule has 0 fully saturated rings. The van der Waals surface area contributed by atoms with Crippen LogP contribution in [0.25, 0.3) is 0 Å². The fraction of sp³-hybridized carbons (Fsp3) is 0.611. The third kappa shape index (κ3) is 10.9. The Balaban J connectivity index is 0.00000676. The quantitative estimate of drug-likeness (QED) is 0.321. The summed E-state index contributed by atoms with van der Waals surface area (Å²) in [6.45, 7) is 12.3. The molecule has 1 rings (SSSR count). The Bertz CT molecular complexity index is 632. The van der Waals surface area contributed by atoms with Gasteiger partial charge < -0.3 is 20.7 Å². The highest BCUT2D eigenvalue weighted by atomic mass is 127. The molecule has 0 bridgehead atoms. The van der Waals surface area contributed by atoms with Gasteiger partial charge in [-0.15, -0.1) is 24.0 Å². The molecule has 0 unspecified atom stereocenters. The molecule has 0 saturated carbocycles. The molecule has 1 heterocycles. The van der Waals surface area contributed by atoms with Crippen LogP contribution in [0.3, 0.4) is 0 Å². The van der Waals surface area contributed by atoms with Gasteiger partial charge in [-0.25, -0.2) is 14.2 Å². The number of rotatable bonds is 6. The van der Waals surface area contributed by atoms with Crippen LogP contribution in [-0.4, -0.2) is 41.3 Å². The van der Waals surface area contributed by atoms with E-state index >= 15 is 0 Å². The summed E-state index contributed by atoms with van der Waals surface area (Å²) in [5.74, 6) is 0.121. The normalized spacial score (nSPS) is 12.0. The number of hydrogen-bond donors (Lipinski definition) is 3. The van der Waals surface area contributed by atoms with Crippen LogP contribution in [0.2, 0.25) is 0 Å². The number of aromatic nitrogens is 1. The number of amides is 1. The summed E-state index contributed by atoms with van der Waals surface area (Å²) in [5, 5.41) is 9.03. The monoisotopic (exact) mass is 495 g/mol. The van der Waals surface area contributed by atoms with Gasteiger partial charge >= 0.3 is 6.09 Å². The number of carbonyl (C=O) groups is 1. The van der Waals surface area contributed by atoms with Crippen molar-refractivity contribution in [3.63, 3.8) is 0 Å². The van der Waals surface area contributed by atoms with Crippen molar-refractivity contribution >= 4 is 36.0 Å². The molecule has 1 aromatic rings. The predicted molar refractivity (Wildman–Crippen MR) is 116 cm³/mol. The molecule has 0 aromatic carbocycles. The van der Waals surface area contributed by atoms with Crippen LogP contribution in [0.4, 0.5) is 9.18 Å². The van der Waals surface area contributed by atoms with Crippen molar-refractivity contribution < 1.29 is 13.9 Å². The Hall–Kier alpha value is -1.65. The summed E-state index contributed by atoms with van der Waals surface area (Å²) < 4.78 is 18.9. The third-order valence-corrected chi connectivity index (χ3v) is 3.10. The number of nitrogens with one attached hydrogen (secondary N) is 3. The maximum atomic E-state index is 13.6. The minimum absolute atomic E-state index is 0. The number of halogens is 2. The second-order valence-electron chi connectivity index (χ2n) is 7.49. The SMILES string of the molecule is CCNC(=NCc1ncccc1F)NCC(C)(C)NC(=O)OC(C)(C)C.I. The molecule has 0 spiro atoms. The number of ether oxygens (including phenoxy) is 1. The first-order chi connectivity index (χ1) is 12.0. The number of hydrogen-bond acceptors (Lipinski definition) is 4. The number of carbonyl (C=O) groups excluding carboxylic acids is 1. The van der Waals surface area contributed by atoms with E-state index in [1.807, 2.05) is 41.5 Å². The molecule has 7 nitrogen and oxygen atoms in total. The summed E-state index contributed by atoms with van der Waals surface area (Å²) in [5.41, 5.74) is -0.859. The molecule has 0 aliphatic heterocycles.